The van der Waals surface area contributed by atoms with Crippen LogP contribution in [-0.2, 0) is 9.53 Å². The van der Waals surface area contributed by atoms with Crippen molar-refractivity contribution in [2.24, 2.45) is 0 Å². The molecule has 2 aromatic carbocycles. The Morgan fingerprint density at radius 1 is 1.07 bits per heavy atom. The number of aryl methyl sites for hydroxylation is 2. The van der Waals surface area contributed by atoms with Crippen molar-refractivity contribution in [1.29, 1.82) is 0 Å². The molecule has 1 atom stereocenters. The summed E-state index contributed by atoms with van der Waals surface area (Å²) in [7, 11) is 0. The van der Waals surface area contributed by atoms with Crippen LogP contribution < -0.4 is 5.32 Å². The van der Waals surface area contributed by atoms with Gasteiger partial charge >= 0.3 is 5.97 Å². The first-order chi connectivity index (χ1) is 13.2. The van der Waals surface area contributed by atoms with Gasteiger partial charge in [0.15, 0.2) is 6.10 Å². The zero-order valence-corrected chi connectivity index (χ0v) is 16.2. The number of hydrogen-bond donors (Lipinski definition) is 1. The fourth-order valence-electron chi connectivity index (χ4n) is 2.46. The van der Waals surface area contributed by atoms with E-state index in [-0.39, 0.29) is 16.3 Å². The van der Waals surface area contributed by atoms with Gasteiger partial charge in [-0.1, -0.05) is 11.6 Å². The largest absolute Gasteiger partial charge is 0.449 e. The second kappa shape index (κ2) is 7.90. The molecule has 144 valence electrons. The standard InChI is InChI=1S/C20H17ClFN3O3/c1-10-11(2)24-18-8-13(4-6-17(18)23-10)20(27)28-12(3)19(26)25-16-7-5-14(22)9-15(16)21/h4-9,12H,1-3H3,(H,25,26)/t12-/m0/s1. The molecule has 3 rings (SSSR count). The Balaban J connectivity index is 1.71. The highest BCUT2D eigenvalue weighted by molar-refractivity contribution is 6.33. The number of aromatic nitrogens is 2. The van der Waals surface area contributed by atoms with Crippen molar-refractivity contribution >= 4 is 40.2 Å². The SMILES string of the molecule is Cc1nc2ccc(C(=O)O[C@@H](C)C(=O)Nc3ccc(F)cc3Cl)cc2nc1C. The fourth-order valence-corrected chi connectivity index (χ4v) is 2.68. The molecule has 0 fully saturated rings. The molecule has 1 heterocycles. The van der Waals surface area contributed by atoms with Crippen molar-refractivity contribution in [3.63, 3.8) is 0 Å². The van der Waals surface area contributed by atoms with Gasteiger partial charge in [0.05, 0.1) is 38.7 Å². The van der Waals surface area contributed by atoms with Crippen molar-refractivity contribution < 1.29 is 18.7 Å². The number of ether oxygens (including phenoxy) is 1. The second-order valence-electron chi connectivity index (χ2n) is 6.26. The predicted molar refractivity (Wildman–Crippen MR) is 104 cm³/mol. The van der Waals surface area contributed by atoms with Crippen LogP contribution in [0.2, 0.25) is 5.02 Å². The van der Waals surface area contributed by atoms with Gasteiger partial charge in [-0.25, -0.2) is 19.2 Å². The summed E-state index contributed by atoms with van der Waals surface area (Å²) in [6, 6.07) is 8.38. The van der Waals surface area contributed by atoms with Gasteiger partial charge in [-0.3, -0.25) is 4.79 Å². The number of carbonyl (C=O) groups is 2. The molecule has 0 aliphatic heterocycles. The molecule has 0 bridgehead atoms. The smallest absolute Gasteiger partial charge is 0.338 e. The van der Waals surface area contributed by atoms with Gasteiger partial charge < -0.3 is 10.1 Å². The molecule has 1 N–H and O–H groups in total. The van der Waals surface area contributed by atoms with Crippen LogP contribution in [0.5, 0.6) is 0 Å². The highest BCUT2D eigenvalue weighted by Crippen LogP contribution is 2.23. The molecular weight excluding hydrogens is 385 g/mol. The first-order valence-corrected chi connectivity index (χ1v) is 8.84. The third kappa shape index (κ3) is 4.26. The molecule has 0 unspecified atom stereocenters. The van der Waals surface area contributed by atoms with E-state index in [1.807, 2.05) is 13.8 Å². The Morgan fingerprint density at radius 3 is 2.43 bits per heavy atom. The Hall–Kier alpha value is -3.06. The van der Waals surface area contributed by atoms with Crippen LogP contribution in [0.25, 0.3) is 11.0 Å². The molecule has 3 aromatic rings. The number of carbonyl (C=O) groups excluding carboxylic acids is 2. The topological polar surface area (TPSA) is 81.2 Å². The van der Waals surface area contributed by atoms with Crippen molar-refractivity contribution in [2.45, 2.75) is 26.9 Å². The van der Waals surface area contributed by atoms with E-state index in [2.05, 4.69) is 15.3 Å². The quantitative estimate of drug-likeness (QED) is 0.662. The molecule has 6 nitrogen and oxygen atoms in total. The van der Waals surface area contributed by atoms with Crippen LogP contribution in [0.4, 0.5) is 10.1 Å². The van der Waals surface area contributed by atoms with Crippen molar-refractivity contribution in [3.8, 4) is 0 Å². The summed E-state index contributed by atoms with van der Waals surface area (Å²) in [5.41, 5.74) is 3.28. The van der Waals surface area contributed by atoms with Gasteiger partial charge in [-0.05, 0) is 57.2 Å². The van der Waals surface area contributed by atoms with Crippen molar-refractivity contribution in [2.75, 3.05) is 5.32 Å². The summed E-state index contributed by atoms with van der Waals surface area (Å²) < 4.78 is 18.3. The Kier molecular flexibility index (Phi) is 5.56. The number of nitrogens with one attached hydrogen (secondary N) is 1. The van der Waals surface area contributed by atoms with Crippen molar-refractivity contribution in [3.05, 3.63) is 64.2 Å². The number of nitrogens with zero attached hydrogens (tertiary/aromatic N) is 2. The van der Waals surface area contributed by atoms with E-state index >= 15 is 0 Å². The van der Waals surface area contributed by atoms with Crippen molar-refractivity contribution in [1.82, 2.24) is 9.97 Å². The summed E-state index contributed by atoms with van der Waals surface area (Å²) in [5, 5.41) is 2.55. The van der Waals surface area contributed by atoms with Crippen LogP contribution in [0.1, 0.15) is 28.7 Å². The lowest BCUT2D eigenvalue weighted by atomic mass is 10.2. The molecule has 0 spiro atoms. The number of hydrogen-bond acceptors (Lipinski definition) is 5. The monoisotopic (exact) mass is 401 g/mol. The van der Waals surface area contributed by atoms with E-state index in [9.17, 15) is 14.0 Å². The predicted octanol–water partition coefficient (Wildman–Crippen LogP) is 4.22. The van der Waals surface area contributed by atoms with E-state index in [1.165, 1.54) is 13.0 Å². The molecular formula is C20H17ClFN3O3. The molecule has 1 amide bonds. The van der Waals surface area contributed by atoms with Crippen LogP contribution in [0, 0.1) is 19.7 Å². The van der Waals surface area contributed by atoms with E-state index in [0.29, 0.717) is 11.0 Å². The molecule has 0 aliphatic rings. The van der Waals surface area contributed by atoms with Crippen LogP contribution in [0.3, 0.4) is 0 Å². The first kappa shape index (κ1) is 19.7. The minimum absolute atomic E-state index is 0.0469. The van der Waals surface area contributed by atoms with Gasteiger partial charge in [-0.2, -0.15) is 0 Å². The number of rotatable bonds is 4. The zero-order chi connectivity index (χ0) is 20.4. The normalized spacial score (nSPS) is 11.9. The molecule has 0 radical (unpaired) electrons. The Morgan fingerprint density at radius 2 is 1.75 bits per heavy atom. The molecule has 0 saturated carbocycles. The van der Waals surface area contributed by atoms with Crippen LogP contribution in [0.15, 0.2) is 36.4 Å². The maximum absolute atomic E-state index is 13.1. The van der Waals surface area contributed by atoms with E-state index in [4.69, 9.17) is 16.3 Å². The average Bonchev–Trinajstić information content (AvgIpc) is 2.64. The number of anilines is 1. The van der Waals surface area contributed by atoms with Gasteiger partial charge in [0, 0.05) is 0 Å². The number of halogens is 2. The molecule has 1 aromatic heterocycles. The summed E-state index contributed by atoms with van der Waals surface area (Å²) in [4.78, 5) is 33.5. The minimum atomic E-state index is -1.09. The Bertz CT molecular complexity index is 1090. The average molecular weight is 402 g/mol. The minimum Gasteiger partial charge on any atom is -0.449 e. The van der Waals surface area contributed by atoms with Gasteiger partial charge in [0.1, 0.15) is 5.82 Å². The zero-order valence-electron chi connectivity index (χ0n) is 15.4. The van der Waals surface area contributed by atoms with Crippen LogP contribution in [-0.4, -0.2) is 27.9 Å². The first-order valence-electron chi connectivity index (χ1n) is 8.46. The Labute approximate surface area is 165 Å². The number of fused-ring (bicyclic) bond motifs is 1. The summed E-state index contributed by atoms with van der Waals surface area (Å²) >= 11 is 5.88. The second-order valence-corrected chi connectivity index (χ2v) is 6.67. The number of esters is 1. The lowest BCUT2D eigenvalue weighted by Crippen LogP contribution is -2.30. The van der Waals surface area contributed by atoms with E-state index < -0.39 is 23.8 Å². The number of amides is 1. The highest BCUT2D eigenvalue weighted by atomic mass is 35.5. The van der Waals surface area contributed by atoms with Gasteiger partial charge in [0.25, 0.3) is 5.91 Å². The third-order valence-corrected chi connectivity index (χ3v) is 4.47. The van der Waals surface area contributed by atoms with Gasteiger partial charge in [0.2, 0.25) is 0 Å². The maximum atomic E-state index is 13.1. The number of benzene rings is 2. The van der Waals surface area contributed by atoms with Crippen LogP contribution >= 0.6 is 11.6 Å². The third-order valence-electron chi connectivity index (χ3n) is 4.15. The molecule has 28 heavy (non-hydrogen) atoms. The van der Waals surface area contributed by atoms with E-state index in [0.717, 1.165) is 23.5 Å². The lowest BCUT2D eigenvalue weighted by molar-refractivity contribution is -0.123. The molecule has 0 saturated heterocycles. The highest BCUT2D eigenvalue weighted by Gasteiger charge is 2.20. The summed E-state index contributed by atoms with van der Waals surface area (Å²) in [6.45, 7) is 5.12. The fraction of sp³-hybridized carbons (Fsp3) is 0.200. The lowest BCUT2D eigenvalue weighted by Gasteiger charge is -2.14. The summed E-state index contributed by atoms with van der Waals surface area (Å²) in [6.07, 6.45) is -1.09. The van der Waals surface area contributed by atoms with Gasteiger partial charge in [-0.15, -0.1) is 0 Å². The van der Waals surface area contributed by atoms with E-state index in [1.54, 1.807) is 18.2 Å². The maximum Gasteiger partial charge on any atom is 0.338 e. The summed E-state index contributed by atoms with van der Waals surface area (Å²) in [5.74, 6) is -1.78. The molecule has 8 heteroatoms. The molecule has 0 aliphatic carbocycles.